The molecule has 12 heteroatoms. The zero-order valence-electron chi connectivity index (χ0n) is 20.4. The summed E-state index contributed by atoms with van der Waals surface area (Å²) in [6.45, 7) is 5.38. The lowest BCUT2D eigenvalue weighted by Crippen LogP contribution is -2.40. The van der Waals surface area contributed by atoms with E-state index in [4.69, 9.17) is 10.8 Å². The molecule has 10 nitrogen and oxygen atoms in total. The molecule has 2 heterocycles. The molecule has 3 aromatic rings. The van der Waals surface area contributed by atoms with Crippen LogP contribution in [-0.4, -0.2) is 46.2 Å². The van der Waals surface area contributed by atoms with Gasteiger partial charge in [-0.2, -0.15) is 0 Å². The third kappa shape index (κ3) is 6.18. The molecule has 1 saturated carbocycles. The van der Waals surface area contributed by atoms with Crippen LogP contribution in [0.5, 0.6) is 0 Å². The van der Waals surface area contributed by atoms with Crippen molar-refractivity contribution in [3.63, 3.8) is 0 Å². The third-order valence-corrected chi connectivity index (χ3v) is 8.90. The second-order valence-electron chi connectivity index (χ2n) is 9.96. The van der Waals surface area contributed by atoms with Crippen molar-refractivity contribution in [3.05, 3.63) is 41.8 Å². The van der Waals surface area contributed by atoms with Crippen molar-refractivity contribution in [3.8, 4) is 21.6 Å². The molecule has 1 amide bonds. The van der Waals surface area contributed by atoms with Crippen LogP contribution in [0, 0.1) is 0 Å². The van der Waals surface area contributed by atoms with Crippen LogP contribution in [0.4, 0.5) is 10.7 Å². The van der Waals surface area contributed by atoms with E-state index in [1.807, 2.05) is 6.07 Å². The van der Waals surface area contributed by atoms with Crippen molar-refractivity contribution < 1.29 is 18.3 Å². The number of amides is 1. The summed E-state index contributed by atoms with van der Waals surface area (Å²) in [5, 5.41) is 12.4. The Kier molecular flexibility index (Phi) is 7.30. The number of nitrogens with two attached hydrogens (primary N) is 1. The minimum Gasteiger partial charge on any atom is -0.465 e. The van der Waals surface area contributed by atoms with Gasteiger partial charge in [0.15, 0.2) is 0 Å². The number of aromatic nitrogens is 3. The van der Waals surface area contributed by atoms with Crippen LogP contribution in [0.3, 0.4) is 0 Å². The SMILES string of the molecule is CC(C)(C)NS(=O)(=O)c1cc(-c2cnc(N)nc2)ccc1-c1cnc([C@H]2CC[C@H](NC(=O)O)CC2)s1. The maximum atomic E-state index is 13.5. The van der Waals surface area contributed by atoms with Gasteiger partial charge >= 0.3 is 6.09 Å². The Morgan fingerprint density at radius 1 is 1.06 bits per heavy atom. The van der Waals surface area contributed by atoms with Crippen LogP contribution in [0.2, 0.25) is 0 Å². The Labute approximate surface area is 214 Å². The molecule has 36 heavy (non-hydrogen) atoms. The van der Waals surface area contributed by atoms with Crippen molar-refractivity contribution in [2.45, 2.75) is 68.8 Å². The predicted molar refractivity (Wildman–Crippen MR) is 139 cm³/mol. The third-order valence-electron chi connectivity index (χ3n) is 5.91. The number of hydrogen-bond donors (Lipinski definition) is 4. The molecule has 0 saturated heterocycles. The van der Waals surface area contributed by atoms with Gasteiger partial charge in [-0.3, -0.25) is 0 Å². The maximum absolute atomic E-state index is 13.5. The van der Waals surface area contributed by atoms with Crippen LogP contribution < -0.4 is 15.8 Å². The average molecular weight is 531 g/mol. The first-order valence-electron chi connectivity index (χ1n) is 11.6. The highest BCUT2D eigenvalue weighted by molar-refractivity contribution is 7.89. The lowest BCUT2D eigenvalue weighted by atomic mass is 9.86. The van der Waals surface area contributed by atoms with Gasteiger partial charge in [0.2, 0.25) is 16.0 Å². The summed E-state index contributed by atoms with van der Waals surface area (Å²) in [7, 11) is -3.87. The quantitative estimate of drug-likeness (QED) is 0.368. The summed E-state index contributed by atoms with van der Waals surface area (Å²) in [4.78, 5) is 24.5. The first-order chi connectivity index (χ1) is 16.9. The van der Waals surface area contributed by atoms with E-state index in [1.54, 1.807) is 51.5 Å². The molecule has 2 aromatic heterocycles. The first-order valence-corrected chi connectivity index (χ1v) is 13.9. The highest BCUT2D eigenvalue weighted by Crippen LogP contribution is 2.40. The van der Waals surface area contributed by atoms with E-state index in [2.05, 4.69) is 25.0 Å². The molecule has 4 rings (SSSR count). The molecule has 1 aliphatic rings. The molecule has 5 N–H and O–H groups in total. The van der Waals surface area contributed by atoms with Crippen LogP contribution in [0.25, 0.3) is 21.6 Å². The zero-order chi connectivity index (χ0) is 26.1. The van der Waals surface area contributed by atoms with E-state index >= 15 is 0 Å². The van der Waals surface area contributed by atoms with Gasteiger partial charge in [0, 0.05) is 47.2 Å². The number of carbonyl (C=O) groups is 1. The number of nitrogens with zero attached hydrogens (tertiary/aromatic N) is 3. The number of anilines is 1. The fourth-order valence-electron chi connectivity index (χ4n) is 4.33. The number of nitrogens with one attached hydrogen (secondary N) is 2. The summed E-state index contributed by atoms with van der Waals surface area (Å²) in [6.07, 6.45) is 6.99. The van der Waals surface area contributed by atoms with Gasteiger partial charge in [-0.1, -0.05) is 12.1 Å². The van der Waals surface area contributed by atoms with Crippen LogP contribution in [-0.2, 0) is 10.0 Å². The Hall–Kier alpha value is -3.09. The number of benzene rings is 1. The summed E-state index contributed by atoms with van der Waals surface area (Å²) >= 11 is 1.48. The summed E-state index contributed by atoms with van der Waals surface area (Å²) in [5.74, 6) is 0.358. The first kappa shape index (κ1) is 26.0. The molecule has 0 unspecified atom stereocenters. The summed E-state index contributed by atoms with van der Waals surface area (Å²) in [5.41, 5.74) is 6.81. The van der Waals surface area contributed by atoms with Crippen molar-refractivity contribution in [1.29, 1.82) is 0 Å². The maximum Gasteiger partial charge on any atom is 0.404 e. The van der Waals surface area contributed by atoms with Crippen LogP contribution in [0.15, 0.2) is 41.7 Å². The Morgan fingerprint density at radius 2 is 1.72 bits per heavy atom. The normalized spacial score (nSPS) is 18.6. The zero-order valence-corrected chi connectivity index (χ0v) is 22.0. The smallest absolute Gasteiger partial charge is 0.404 e. The minimum absolute atomic E-state index is 0.0386. The monoisotopic (exact) mass is 530 g/mol. The molecular formula is C24H30N6O4S2. The average Bonchev–Trinajstić information content (AvgIpc) is 3.28. The number of carboxylic acid groups (broad SMARTS) is 1. The summed E-state index contributed by atoms with van der Waals surface area (Å²) in [6, 6.07) is 5.21. The minimum atomic E-state index is -3.87. The van der Waals surface area contributed by atoms with E-state index in [1.165, 1.54) is 11.3 Å². The van der Waals surface area contributed by atoms with Gasteiger partial charge in [-0.25, -0.2) is 32.9 Å². The number of nitrogen functional groups attached to an aromatic ring is 1. The van der Waals surface area contributed by atoms with Gasteiger partial charge < -0.3 is 16.2 Å². The van der Waals surface area contributed by atoms with E-state index in [9.17, 15) is 13.2 Å². The fourth-order valence-corrected chi connectivity index (χ4v) is 7.19. The lowest BCUT2D eigenvalue weighted by molar-refractivity contribution is 0.185. The Balaban J connectivity index is 1.68. The molecule has 0 aliphatic heterocycles. The fraction of sp³-hybridized carbons (Fsp3) is 0.417. The highest BCUT2D eigenvalue weighted by atomic mass is 32.2. The molecule has 1 aromatic carbocycles. The second-order valence-corrected chi connectivity index (χ2v) is 12.7. The Morgan fingerprint density at radius 3 is 2.33 bits per heavy atom. The van der Waals surface area contributed by atoms with E-state index in [0.29, 0.717) is 16.7 Å². The molecule has 0 bridgehead atoms. The number of hydrogen-bond acceptors (Lipinski definition) is 8. The second kappa shape index (κ2) is 10.1. The molecule has 1 aliphatic carbocycles. The van der Waals surface area contributed by atoms with E-state index in [0.717, 1.165) is 35.6 Å². The number of sulfonamides is 1. The molecule has 0 spiro atoms. The van der Waals surface area contributed by atoms with E-state index in [-0.39, 0.29) is 22.8 Å². The molecule has 192 valence electrons. The van der Waals surface area contributed by atoms with Gasteiger partial charge in [0.05, 0.1) is 14.8 Å². The highest BCUT2D eigenvalue weighted by Gasteiger charge is 2.29. The topological polar surface area (TPSA) is 160 Å². The standard InChI is InChI=1S/C24H30N6O4S2/c1-24(2,3)30-36(33,34)20-10-15(16-11-27-22(25)28-12-16)6-9-18(20)19-13-26-21(35-19)14-4-7-17(8-5-14)29-23(31)32/h6,9-14,17,29-30H,4-5,7-8H2,1-3H3,(H,31,32)(H2,25,27,28)/t14-,17-. The van der Waals surface area contributed by atoms with Crippen LogP contribution in [0.1, 0.15) is 57.4 Å². The van der Waals surface area contributed by atoms with Gasteiger partial charge in [-0.05, 0) is 58.1 Å². The largest absolute Gasteiger partial charge is 0.465 e. The molecule has 0 atom stereocenters. The molecular weight excluding hydrogens is 500 g/mol. The molecule has 0 radical (unpaired) electrons. The predicted octanol–water partition coefficient (Wildman–Crippen LogP) is 4.22. The van der Waals surface area contributed by atoms with Gasteiger partial charge in [-0.15, -0.1) is 11.3 Å². The molecule has 1 fully saturated rings. The summed E-state index contributed by atoms with van der Waals surface area (Å²) < 4.78 is 29.7. The van der Waals surface area contributed by atoms with Gasteiger partial charge in [0.1, 0.15) is 0 Å². The Bertz CT molecular complexity index is 1340. The van der Waals surface area contributed by atoms with Crippen molar-refractivity contribution >= 4 is 33.4 Å². The van der Waals surface area contributed by atoms with E-state index < -0.39 is 21.7 Å². The number of rotatable bonds is 6. The van der Waals surface area contributed by atoms with Crippen molar-refractivity contribution in [2.75, 3.05) is 5.73 Å². The van der Waals surface area contributed by atoms with Crippen molar-refractivity contribution in [2.24, 2.45) is 0 Å². The van der Waals surface area contributed by atoms with Crippen molar-refractivity contribution in [1.82, 2.24) is 25.0 Å². The van der Waals surface area contributed by atoms with Crippen LogP contribution >= 0.6 is 11.3 Å². The number of thiazole rings is 1. The van der Waals surface area contributed by atoms with Gasteiger partial charge in [0.25, 0.3) is 0 Å². The lowest BCUT2D eigenvalue weighted by Gasteiger charge is -2.27.